The normalized spacial score (nSPS) is 10.9. The quantitative estimate of drug-likeness (QED) is 0.384. The molecule has 0 spiro atoms. The molecule has 0 amide bonds. The smallest absolute Gasteiger partial charge is 0.231 e. The van der Waals surface area contributed by atoms with E-state index in [2.05, 4.69) is 16.7 Å². The SMILES string of the molecule is C=Nc1cc2nc(-c3cc(Cl)ccc3O)oc2cc1OCc1cccc(Cl)c1. The van der Waals surface area contributed by atoms with E-state index in [0.717, 1.165) is 5.56 Å². The zero-order chi connectivity index (χ0) is 19.7. The largest absolute Gasteiger partial charge is 0.507 e. The Balaban J connectivity index is 1.70. The molecule has 4 aromatic rings. The Morgan fingerprint density at radius 2 is 1.89 bits per heavy atom. The summed E-state index contributed by atoms with van der Waals surface area (Å²) in [7, 11) is 0. The molecule has 28 heavy (non-hydrogen) atoms. The minimum atomic E-state index is 0.0236. The summed E-state index contributed by atoms with van der Waals surface area (Å²) in [5.41, 5.74) is 2.90. The molecule has 3 aromatic carbocycles. The van der Waals surface area contributed by atoms with Crippen molar-refractivity contribution >= 4 is 46.7 Å². The van der Waals surface area contributed by atoms with E-state index < -0.39 is 0 Å². The summed E-state index contributed by atoms with van der Waals surface area (Å²) in [4.78, 5) is 8.43. The molecule has 0 saturated carbocycles. The van der Waals surface area contributed by atoms with E-state index in [9.17, 15) is 5.11 Å². The maximum Gasteiger partial charge on any atom is 0.231 e. The number of aromatic hydroxyl groups is 1. The maximum absolute atomic E-state index is 10.1. The molecule has 0 aliphatic heterocycles. The van der Waals surface area contributed by atoms with Gasteiger partial charge in [-0.05, 0) is 48.7 Å². The van der Waals surface area contributed by atoms with Crippen molar-refractivity contribution in [1.29, 1.82) is 0 Å². The molecule has 0 bridgehead atoms. The molecule has 0 radical (unpaired) electrons. The van der Waals surface area contributed by atoms with E-state index in [1.165, 1.54) is 6.07 Å². The van der Waals surface area contributed by atoms with Gasteiger partial charge >= 0.3 is 0 Å². The van der Waals surface area contributed by atoms with Crippen LogP contribution in [-0.4, -0.2) is 16.8 Å². The van der Waals surface area contributed by atoms with Gasteiger partial charge in [-0.2, -0.15) is 0 Å². The summed E-state index contributed by atoms with van der Waals surface area (Å²) >= 11 is 12.0. The molecule has 0 aliphatic rings. The highest BCUT2D eigenvalue weighted by Gasteiger charge is 2.16. The van der Waals surface area contributed by atoms with Crippen molar-refractivity contribution in [3.05, 3.63) is 70.2 Å². The number of fused-ring (bicyclic) bond motifs is 1. The minimum absolute atomic E-state index is 0.0236. The Labute approximate surface area is 170 Å². The lowest BCUT2D eigenvalue weighted by atomic mass is 10.2. The number of halogens is 2. The van der Waals surface area contributed by atoms with Crippen LogP contribution in [0.1, 0.15) is 5.56 Å². The number of hydrogen-bond acceptors (Lipinski definition) is 5. The number of aromatic nitrogens is 1. The summed E-state index contributed by atoms with van der Waals surface area (Å²) in [6, 6.07) is 15.5. The van der Waals surface area contributed by atoms with Crippen LogP contribution in [-0.2, 0) is 6.61 Å². The fourth-order valence-electron chi connectivity index (χ4n) is 2.77. The molecule has 5 nitrogen and oxygen atoms in total. The van der Waals surface area contributed by atoms with Crippen molar-refractivity contribution in [3.8, 4) is 23.0 Å². The number of ether oxygens (including phenoxy) is 1. The van der Waals surface area contributed by atoms with Crippen LogP contribution in [0.15, 0.2) is 64.0 Å². The molecule has 0 unspecified atom stereocenters. The second-order valence-corrected chi connectivity index (χ2v) is 6.92. The molecule has 0 fully saturated rings. The van der Waals surface area contributed by atoms with Crippen molar-refractivity contribution in [2.45, 2.75) is 6.61 Å². The van der Waals surface area contributed by atoms with Crippen molar-refractivity contribution in [1.82, 2.24) is 4.98 Å². The molecular formula is C21H14Cl2N2O3. The van der Waals surface area contributed by atoms with E-state index in [0.29, 0.717) is 44.8 Å². The summed E-state index contributed by atoms with van der Waals surface area (Å²) in [6.45, 7) is 3.90. The molecule has 0 aliphatic carbocycles. The van der Waals surface area contributed by atoms with Crippen LogP contribution in [0.5, 0.6) is 11.5 Å². The molecule has 1 heterocycles. The number of aliphatic imine (C=N–C) groups is 1. The second-order valence-electron chi connectivity index (χ2n) is 6.04. The van der Waals surface area contributed by atoms with Gasteiger partial charge in [-0.1, -0.05) is 35.3 Å². The molecule has 0 saturated heterocycles. The third kappa shape index (κ3) is 3.67. The van der Waals surface area contributed by atoms with E-state index in [-0.39, 0.29) is 11.6 Å². The van der Waals surface area contributed by atoms with Gasteiger partial charge in [0, 0.05) is 16.1 Å². The average Bonchev–Trinajstić information content (AvgIpc) is 3.10. The lowest BCUT2D eigenvalue weighted by molar-refractivity contribution is 0.307. The maximum atomic E-state index is 10.1. The molecule has 0 atom stereocenters. The Morgan fingerprint density at radius 1 is 1.07 bits per heavy atom. The van der Waals surface area contributed by atoms with Gasteiger partial charge in [-0.25, -0.2) is 4.98 Å². The first kappa shape index (κ1) is 18.3. The molecule has 140 valence electrons. The Bertz CT molecular complexity index is 1190. The van der Waals surface area contributed by atoms with E-state index in [1.54, 1.807) is 30.3 Å². The van der Waals surface area contributed by atoms with Crippen LogP contribution in [0.2, 0.25) is 10.0 Å². The zero-order valence-electron chi connectivity index (χ0n) is 14.5. The molecular weight excluding hydrogens is 399 g/mol. The van der Waals surface area contributed by atoms with E-state index in [1.807, 2.05) is 18.2 Å². The number of benzene rings is 3. The molecule has 7 heteroatoms. The van der Waals surface area contributed by atoms with E-state index >= 15 is 0 Å². The summed E-state index contributed by atoms with van der Waals surface area (Å²) in [5, 5.41) is 11.2. The fraction of sp³-hybridized carbons (Fsp3) is 0.0476. The first-order chi connectivity index (χ1) is 13.5. The van der Waals surface area contributed by atoms with Crippen molar-refractivity contribution < 1.29 is 14.3 Å². The second kappa shape index (κ2) is 7.54. The third-order valence-electron chi connectivity index (χ3n) is 4.11. The van der Waals surface area contributed by atoms with Crippen LogP contribution in [0.4, 0.5) is 5.69 Å². The van der Waals surface area contributed by atoms with E-state index in [4.69, 9.17) is 32.4 Å². The first-order valence-electron chi connectivity index (χ1n) is 8.31. The number of hydrogen-bond donors (Lipinski definition) is 1. The summed E-state index contributed by atoms with van der Waals surface area (Å²) < 4.78 is 11.7. The monoisotopic (exact) mass is 412 g/mol. The van der Waals surface area contributed by atoms with Crippen LogP contribution in [0.3, 0.4) is 0 Å². The highest BCUT2D eigenvalue weighted by molar-refractivity contribution is 6.31. The summed E-state index contributed by atoms with van der Waals surface area (Å²) in [5.74, 6) is 0.771. The van der Waals surface area contributed by atoms with Crippen molar-refractivity contribution in [3.63, 3.8) is 0 Å². The molecule has 4 rings (SSSR count). The highest BCUT2D eigenvalue weighted by atomic mass is 35.5. The third-order valence-corrected chi connectivity index (χ3v) is 4.58. The lowest BCUT2D eigenvalue weighted by Gasteiger charge is -2.08. The number of phenolic OH excluding ortho intramolecular Hbond substituents is 1. The van der Waals surface area contributed by atoms with Crippen molar-refractivity contribution in [2.75, 3.05) is 0 Å². The van der Waals surface area contributed by atoms with Crippen molar-refractivity contribution in [2.24, 2.45) is 4.99 Å². The standard InChI is InChI=1S/C21H14Cl2N2O3/c1-24-16-9-17-20(10-19(16)27-11-12-3-2-4-13(22)7-12)28-21(25-17)15-8-14(23)5-6-18(15)26/h2-10,26H,1,11H2. The minimum Gasteiger partial charge on any atom is -0.507 e. The average molecular weight is 413 g/mol. The number of rotatable bonds is 5. The van der Waals surface area contributed by atoms with Crippen LogP contribution in [0.25, 0.3) is 22.6 Å². The summed E-state index contributed by atoms with van der Waals surface area (Å²) in [6.07, 6.45) is 0. The van der Waals surface area contributed by atoms with Gasteiger partial charge in [0.2, 0.25) is 5.89 Å². The van der Waals surface area contributed by atoms with Gasteiger partial charge in [-0.3, -0.25) is 4.99 Å². The van der Waals surface area contributed by atoms with Gasteiger partial charge in [-0.15, -0.1) is 0 Å². The number of phenols is 1. The molecule has 1 N–H and O–H groups in total. The number of nitrogens with zero attached hydrogens (tertiary/aromatic N) is 2. The first-order valence-corrected chi connectivity index (χ1v) is 9.06. The Hall–Kier alpha value is -3.02. The topological polar surface area (TPSA) is 67.9 Å². The predicted molar refractivity (Wildman–Crippen MR) is 111 cm³/mol. The van der Waals surface area contributed by atoms with Gasteiger partial charge in [0.1, 0.15) is 29.3 Å². The van der Waals surface area contributed by atoms with Gasteiger partial charge in [0.15, 0.2) is 5.58 Å². The van der Waals surface area contributed by atoms with Crippen LogP contribution in [0, 0.1) is 0 Å². The van der Waals surface area contributed by atoms with Gasteiger partial charge < -0.3 is 14.3 Å². The predicted octanol–water partition coefficient (Wildman–Crippen LogP) is 6.42. The van der Waals surface area contributed by atoms with Gasteiger partial charge in [0.05, 0.1) is 5.56 Å². The molecule has 1 aromatic heterocycles. The Morgan fingerprint density at radius 3 is 2.68 bits per heavy atom. The van der Waals surface area contributed by atoms with Crippen LogP contribution < -0.4 is 4.74 Å². The fourth-order valence-corrected chi connectivity index (χ4v) is 3.15. The highest BCUT2D eigenvalue weighted by Crippen LogP contribution is 2.37. The van der Waals surface area contributed by atoms with Gasteiger partial charge in [0.25, 0.3) is 0 Å². The zero-order valence-corrected chi connectivity index (χ0v) is 16.0. The Kier molecular flexibility index (Phi) is 4.94. The number of oxazole rings is 1. The van der Waals surface area contributed by atoms with Crippen LogP contribution >= 0.6 is 23.2 Å². The lowest BCUT2D eigenvalue weighted by Crippen LogP contribution is -1.95.